The molecule has 106 valence electrons. The zero-order valence-corrected chi connectivity index (χ0v) is 12.2. The molecule has 0 N–H and O–H groups in total. The van der Waals surface area contributed by atoms with Gasteiger partial charge in [-0.2, -0.15) is 0 Å². The summed E-state index contributed by atoms with van der Waals surface area (Å²) < 4.78 is 5.47. The van der Waals surface area contributed by atoms with Crippen LogP contribution >= 0.6 is 0 Å². The lowest BCUT2D eigenvalue weighted by molar-refractivity contribution is 0.176. The monoisotopic (exact) mass is 271 g/mol. The summed E-state index contributed by atoms with van der Waals surface area (Å²) in [5.74, 6) is 0.773. The summed E-state index contributed by atoms with van der Waals surface area (Å²) in [4.78, 5) is 14.4. The molecule has 1 aromatic carbocycles. The van der Waals surface area contributed by atoms with E-state index in [1.807, 2.05) is 13.0 Å². The van der Waals surface area contributed by atoms with Crippen LogP contribution in [0.1, 0.15) is 30.9 Å². The van der Waals surface area contributed by atoms with Crippen molar-refractivity contribution in [2.75, 3.05) is 13.1 Å². The van der Waals surface area contributed by atoms with Crippen LogP contribution in [0, 0.1) is 12.8 Å². The number of aryl methyl sites for hydroxylation is 1. The Morgan fingerprint density at radius 3 is 3.05 bits per heavy atom. The maximum atomic E-state index is 12.0. The molecule has 1 atom stereocenters. The predicted molar refractivity (Wildman–Crippen MR) is 80.9 cm³/mol. The van der Waals surface area contributed by atoms with Gasteiger partial charge in [0, 0.05) is 19.2 Å². The van der Waals surface area contributed by atoms with E-state index >= 15 is 0 Å². The molecule has 2 heterocycles. The second-order valence-corrected chi connectivity index (χ2v) is 6.06. The molecule has 1 aliphatic heterocycles. The summed E-state index contributed by atoms with van der Waals surface area (Å²) in [7, 11) is 0. The zero-order valence-electron chi connectivity index (χ0n) is 12.2. The SMILES string of the molecule is Cc1cc(CN2CCC[C@H](C)C2)cc2c(=O)ccoc12. The van der Waals surface area contributed by atoms with Crippen LogP contribution in [0.3, 0.4) is 0 Å². The van der Waals surface area contributed by atoms with Crippen molar-refractivity contribution in [3.05, 3.63) is 45.8 Å². The van der Waals surface area contributed by atoms with Crippen LogP contribution in [0.4, 0.5) is 0 Å². The molecule has 0 unspecified atom stereocenters. The summed E-state index contributed by atoms with van der Waals surface area (Å²) in [6.07, 6.45) is 4.08. The Balaban J connectivity index is 1.92. The van der Waals surface area contributed by atoms with Gasteiger partial charge < -0.3 is 4.42 Å². The van der Waals surface area contributed by atoms with Gasteiger partial charge in [0.05, 0.1) is 11.6 Å². The van der Waals surface area contributed by atoms with Gasteiger partial charge in [-0.25, -0.2) is 0 Å². The lowest BCUT2D eigenvalue weighted by Gasteiger charge is -2.30. The van der Waals surface area contributed by atoms with E-state index in [-0.39, 0.29) is 5.43 Å². The molecule has 3 nitrogen and oxygen atoms in total. The molecule has 1 aromatic heterocycles. The van der Waals surface area contributed by atoms with Gasteiger partial charge >= 0.3 is 0 Å². The molecular weight excluding hydrogens is 250 g/mol. The molecule has 20 heavy (non-hydrogen) atoms. The van der Waals surface area contributed by atoms with Crippen molar-refractivity contribution in [3.8, 4) is 0 Å². The van der Waals surface area contributed by atoms with Crippen LogP contribution in [0.2, 0.25) is 0 Å². The van der Waals surface area contributed by atoms with Gasteiger partial charge in [0.2, 0.25) is 0 Å². The largest absolute Gasteiger partial charge is 0.464 e. The predicted octanol–water partition coefficient (Wildman–Crippen LogP) is 3.33. The molecule has 2 aromatic rings. The molecule has 0 saturated carbocycles. The molecule has 0 aliphatic carbocycles. The lowest BCUT2D eigenvalue weighted by Crippen LogP contribution is -2.33. The Kier molecular flexibility index (Phi) is 3.62. The summed E-state index contributed by atoms with van der Waals surface area (Å²) in [5, 5.41) is 0.701. The van der Waals surface area contributed by atoms with Crippen LogP contribution < -0.4 is 5.43 Å². The quantitative estimate of drug-likeness (QED) is 0.840. The minimum atomic E-state index is 0.0446. The minimum Gasteiger partial charge on any atom is -0.464 e. The molecule has 3 heteroatoms. The smallest absolute Gasteiger partial charge is 0.192 e. The Morgan fingerprint density at radius 1 is 1.40 bits per heavy atom. The Morgan fingerprint density at radius 2 is 2.25 bits per heavy atom. The number of piperidine rings is 1. The van der Waals surface area contributed by atoms with E-state index in [0.29, 0.717) is 11.0 Å². The van der Waals surface area contributed by atoms with Crippen LogP contribution in [0.5, 0.6) is 0 Å². The van der Waals surface area contributed by atoms with Crippen LogP contribution in [-0.4, -0.2) is 18.0 Å². The fourth-order valence-electron chi connectivity index (χ4n) is 3.22. The summed E-state index contributed by atoms with van der Waals surface area (Å²) in [6.45, 7) is 7.56. The molecule has 0 radical (unpaired) electrons. The van der Waals surface area contributed by atoms with E-state index in [4.69, 9.17) is 4.42 Å². The lowest BCUT2D eigenvalue weighted by atomic mass is 9.99. The Labute approximate surface area is 119 Å². The fourth-order valence-corrected chi connectivity index (χ4v) is 3.22. The molecule has 3 rings (SSSR count). The normalized spacial score (nSPS) is 20.4. The van der Waals surface area contributed by atoms with Gasteiger partial charge in [-0.05, 0) is 49.4 Å². The van der Waals surface area contributed by atoms with Gasteiger partial charge in [0.1, 0.15) is 5.58 Å². The zero-order chi connectivity index (χ0) is 14.1. The van der Waals surface area contributed by atoms with Crippen LogP contribution in [0.25, 0.3) is 11.0 Å². The fraction of sp³-hybridized carbons (Fsp3) is 0.471. The molecule has 0 spiro atoms. The van der Waals surface area contributed by atoms with E-state index in [9.17, 15) is 4.79 Å². The molecule has 0 bridgehead atoms. The van der Waals surface area contributed by atoms with Crippen LogP contribution in [-0.2, 0) is 6.54 Å². The van der Waals surface area contributed by atoms with Crippen molar-refractivity contribution < 1.29 is 4.42 Å². The van der Waals surface area contributed by atoms with Gasteiger partial charge in [-0.1, -0.05) is 13.0 Å². The van der Waals surface area contributed by atoms with Gasteiger partial charge in [-0.3, -0.25) is 9.69 Å². The summed E-state index contributed by atoms with van der Waals surface area (Å²) in [5.41, 5.74) is 3.01. The number of benzene rings is 1. The third kappa shape index (κ3) is 2.63. The topological polar surface area (TPSA) is 33.5 Å². The minimum absolute atomic E-state index is 0.0446. The number of hydrogen-bond acceptors (Lipinski definition) is 3. The highest BCUT2D eigenvalue weighted by atomic mass is 16.3. The van der Waals surface area contributed by atoms with E-state index in [1.165, 1.54) is 30.7 Å². The molecule has 0 amide bonds. The first-order valence-electron chi connectivity index (χ1n) is 7.37. The van der Waals surface area contributed by atoms with Crippen LogP contribution in [0.15, 0.2) is 33.7 Å². The number of rotatable bonds is 2. The first-order chi connectivity index (χ1) is 9.63. The van der Waals surface area contributed by atoms with Crippen molar-refractivity contribution in [2.45, 2.75) is 33.2 Å². The van der Waals surface area contributed by atoms with Gasteiger partial charge in [-0.15, -0.1) is 0 Å². The summed E-state index contributed by atoms with van der Waals surface area (Å²) >= 11 is 0. The van der Waals surface area contributed by atoms with Crippen molar-refractivity contribution in [1.82, 2.24) is 4.90 Å². The molecule has 1 aliphatic rings. The van der Waals surface area contributed by atoms with E-state index in [1.54, 1.807) is 0 Å². The molecule has 1 fully saturated rings. The van der Waals surface area contributed by atoms with E-state index < -0.39 is 0 Å². The van der Waals surface area contributed by atoms with Gasteiger partial charge in [0.15, 0.2) is 5.43 Å². The third-order valence-corrected chi connectivity index (χ3v) is 4.15. The number of hydrogen-bond donors (Lipinski definition) is 0. The Hall–Kier alpha value is -1.61. The second kappa shape index (κ2) is 5.41. The van der Waals surface area contributed by atoms with Gasteiger partial charge in [0.25, 0.3) is 0 Å². The standard InChI is InChI=1S/C17H21NO2/c1-12-4-3-6-18(10-12)11-14-8-13(2)17-15(9-14)16(19)5-7-20-17/h5,7-9,12H,3-4,6,10-11H2,1-2H3/t12-/m0/s1. The Bertz CT molecular complexity index is 674. The maximum absolute atomic E-state index is 12.0. The van der Waals surface area contributed by atoms with E-state index in [2.05, 4.69) is 17.9 Å². The first-order valence-corrected chi connectivity index (χ1v) is 7.37. The van der Waals surface area contributed by atoms with Crippen molar-refractivity contribution in [1.29, 1.82) is 0 Å². The van der Waals surface area contributed by atoms with Crippen molar-refractivity contribution in [3.63, 3.8) is 0 Å². The van der Waals surface area contributed by atoms with Crippen molar-refractivity contribution >= 4 is 11.0 Å². The number of nitrogens with zero attached hydrogens (tertiary/aromatic N) is 1. The third-order valence-electron chi connectivity index (χ3n) is 4.15. The van der Waals surface area contributed by atoms with E-state index in [0.717, 1.165) is 31.1 Å². The molecular formula is C17H21NO2. The first kappa shape index (κ1) is 13.4. The second-order valence-electron chi connectivity index (χ2n) is 6.06. The average molecular weight is 271 g/mol. The summed E-state index contributed by atoms with van der Waals surface area (Å²) in [6, 6.07) is 5.63. The highest BCUT2D eigenvalue weighted by molar-refractivity contribution is 5.80. The molecule has 1 saturated heterocycles. The number of fused-ring (bicyclic) bond motifs is 1. The average Bonchev–Trinajstić information content (AvgIpc) is 2.40. The highest BCUT2D eigenvalue weighted by Crippen LogP contribution is 2.21. The van der Waals surface area contributed by atoms with Crippen molar-refractivity contribution in [2.24, 2.45) is 5.92 Å². The number of likely N-dealkylation sites (tertiary alicyclic amines) is 1. The highest BCUT2D eigenvalue weighted by Gasteiger charge is 2.17. The maximum Gasteiger partial charge on any atom is 0.192 e.